The molecule has 3 aromatic rings. The van der Waals surface area contributed by atoms with E-state index in [9.17, 15) is 18.0 Å². The van der Waals surface area contributed by atoms with Crippen molar-refractivity contribution in [3.8, 4) is 0 Å². The molecule has 0 saturated heterocycles. The molecule has 0 radical (unpaired) electrons. The number of sulfonamides is 1. The normalized spacial score (nSPS) is 12.1. The van der Waals surface area contributed by atoms with E-state index in [1.165, 1.54) is 10.6 Å². The minimum absolute atomic E-state index is 0.105. The van der Waals surface area contributed by atoms with E-state index in [1.807, 2.05) is 99.6 Å². The molecule has 0 bridgehead atoms. The van der Waals surface area contributed by atoms with Gasteiger partial charge in [0.25, 0.3) is 0 Å². The molecule has 0 aromatic heterocycles. The number of benzene rings is 3. The lowest BCUT2D eigenvalue weighted by Gasteiger charge is -2.32. The summed E-state index contributed by atoms with van der Waals surface area (Å²) < 4.78 is 26.5. The topological polar surface area (TPSA) is 86.8 Å². The highest BCUT2D eigenvalue weighted by Crippen LogP contribution is 2.21. The Bertz CT molecular complexity index is 1340. The van der Waals surface area contributed by atoms with Crippen molar-refractivity contribution in [2.75, 3.05) is 23.7 Å². The van der Waals surface area contributed by atoms with Crippen LogP contribution in [0.5, 0.6) is 0 Å². The minimum atomic E-state index is -3.54. The lowest BCUT2D eigenvalue weighted by Crippen LogP contribution is -2.51. The third-order valence-electron chi connectivity index (χ3n) is 6.59. The van der Waals surface area contributed by atoms with Crippen LogP contribution in [-0.4, -0.2) is 50.5 Å². The summed E-state index contributed by atoms with van der Waals surface area (Å²) in [7, 11) is -3.54. The number of anilines is 1. The van der Waals surface area contributed by atoms with Gasteiger partial charge in [-0.25, -0.2) is 8.42 Å². The molecule has 40 heavy (non-hydrogen) atoms. The van der Waals surface area contributed by atoms with E-state index in [0.717, 1.165) is 16.7 Å². The van der Waals surface area contributed by atoms with Crippen LogP contribution in [0.1, 0.15) is 43.4 Å². The molecule has 214 valence electrons. The lowest BCUT2D eigenvalue weighted by atomic mass is 10.0. The molecule has 0 saturated carbocycles. The first kappa shape index (κ1) is 30.9. The second-order valence-electron chi connectivity index (χ2n) is 10.6. The fraction of sp³-hybridized carbons (Fsp3) is 0.375. The first-order valence-electron chi connectivity index (χ1n) is 13.7. The maximum absolute atomic E-state index is 13.8. The summed E-state index contributed by atoms with van der Waals surface area (Å²) in [6.45, 7) is 6.92. The number of carbonyl (C=O) groups excluding carboxylic acids is 2. The molecule has 0 heterocycles. The second kappa shape index (κ2) is 14.7. The van der Waals surface area contributed by atoms with Crippen LogP contribution < -0.4 is 9.62 Å². The molecule has 0 aliphatic rings. The Balaban J connectivity index is 1.85. The van der Waals surface area contributed by atoms with E-state index < -0.39 is 16.1 Å². The van der Waals surface area contributed by atoms with Crippen molar-refractivity contribution in [2.24, 2.45) is 5.92 Å². The summed E-state index contributed by atoms with van der Waals surface area (Å²) in [5, 5.41) is 3.02. The molecule has 8 heteroatoms. The minimum Gasteiger partial charge on any atom is -0.354 e. The first-order valence-corrected chi connectivity index (χ1v) is 15.6. The monoisotopic (exact) mass is 563 g/mol. The molecule has 2 amide bonds. The molecule has 3 aromatic carbocycles. The Morgan fingerprint density at radius 3 is 2.08 bits per heavy atom. The van der Waals surface area contributed by atoms with Gasteiger partial charge in [-0.15, -0.1) is 0 Å². The summed E-state index contributed by atoms with van der Waals surface area (Å²) in [6.07, 6.45) is 1.97. The van der Waals surface area contributed by atoms with E-state index in [0.29, 0.717) is 25.1 Å². The third-order valence-corrected chi connectivity index (χ3v) is 7.79. The van der Waals surface area contributed by atoms with Crippen LogP contribution in [0, 0.1) is 12.8 Å². The average Bonchev–Trinajstić information content (AvgIpc) is 2.92. The van der Waals surface area contributed by atoms with Crippen molar-refractivity contribution in [1.29, 1.82) is 0 Å². The van der Waals surface area contributed by atoms with E-state index in [2.05, 4.69) is 5.32 Å². The number of hydrogen-bond acceptors (Lipinski definition) is 4. The number of rotatable bonds is 14. The Morgan fingerprint density at radius 1 is 0.875 bits per heavy atom. The first-order chi connectivity index (χ1) is 19.0. The molecule has 7 nitrogen and oxygen atoms in total. The molecule has 0 unspecified atom stereocenters. The average molecular weight is 564 g/mol. The van der Waals surface area contributed by atoms with Crippen LogP contribution in [0.25, 0.3) is 0 Å². The van der Waals surface area contributed by atoms with Gasteiger partial charge < -0.3 is 10.2 Å². The van der Waals surface area contributed by atoms with Gasteiger partial charge in [0.15, 0.2) is 0 Å². The molecule has 1 N–H and O–H groups in total. The van der Waals surface area contributed by atoms with E-state index in [-0.39, 0.29) is 37.2 Å². The highest BCUT2D eigenvalue weighted by atomic mass is 32.2. The zero-order chi connectivity index (χ0) is 29.1. The maximum atomic E-state index is 13.8. The van der Waals surface area contributed by atoms with Crippen molar-refractivity contribution < 1.29 is 18.0 Å². The van der Waals surface area contributed by atoms with Crippen LogP contribution in [0.2, 0.25) is 0 Å². The zero-order valence-corrected chi connectivity index (χ0v) is 24.7. The number of nitrogens with one attached hydrogen (secondary N) is 1. The Hall–Kier alpha value is -3.65. The smallest absolute Gasteiger partial charge is 0.243 e. The van der Waals surface area contributed by atoms with Gasteiger partial charge in [-0.2, -0.15) is 0 Å². The van der Waals surface area contributed by atoms with Crippen LogP contribution in [0.15, 0.2) is 84.9 Å². The molecule has 1 atom stereocenters. The van der Waals surface area contributed by atoms with Crippen LogP contribution >= 0.6 is 0 Å². The van der Waals surface area contributed by atoms with Crippen LogP contribution in [0.3, 0.4) is 0 Å². The van der Waals surface area contributed by atoms with Crippen LogP contribution in [-0.2, 0) is 32.6 Å². The van der Waals surface area contributed by atoms with E-state index in [1.54, 1.807) is 11.0 Å². The number of carbonyl (C=O) groups is 2. The predicted octanol–water partition coefficient (Wildman–Crippen LogP) is 4.95. The van der Waals surface area contributed by atoms with Crippen molar-refractivity contribution in [2.45, 2.75) is 52.6 Å². The number of aryl methyl sites for hydroxylation is 1. The maximum Gasteiger partial charge on any atom is 0.243 e. The van der Waals surface area contributed by atoms with Crippen molar-refractivity contribution in [1.82, 2.24) is 10.2 Å². The summed E-state index contributed by atoms with van der Waals surface area (Å²) in [5.41, 5.74) is 3.40. The largest absolute Gasteiger partial charge is 0.354 e. The highest BCUT2D eigenvalue weighted by molar-refractivity contribution is 7.92. The quantitative estimate of drug-likeness (QED) is 0.301. The lowest BCUT2D eigenvalue weighted by molar-refractivity contribution is -0.141. The number of amides is 2. The van der Waals surface area contributed by atoms with Gasteiger partial charge in [-0.05, 0) is 48.1 Å². The van der Waals surface area contributed by atoms with Gasteiger partial charge in [0.1, 0.15) is 6.04 Å². The summed E-state index contributed by atoms with van der Waals surface area (Å²) >= 11 is 0. The number of nitrogens with zero attached hydrogens (tertiary/aromatic N) is 2. The van der Waals surface area contributed by atoms with Crippen LogP contribution in [0.4, 0.5) is 5.69 Å². The third kappa shape index (κ3) is 9.52. The molecular formula is C32H41N3O4S. The predicted molar refractivity (Wildman–Crippen MR) is 161 cm³/mol. The standard InChI is InChI=1S/C32H41N3O4S/c1-25(2)23-33-32(37)30(22-27-14-7-5-8-15-27)34(24-28-16-9-6-10-17-28)31(36)19-12-20-35(40(4,38)39)29-18-11-13-26(3)21-29/h5-11,13-18,21,25,30H,12,19-20,22-24H2,1-4H3,(H,33,37)/t30-/m1/s1. The van der Waals surface area contributed by atoms with Crippen molar-refractivity contribution in [3.05, 3.63) is 102 Å². The summed E-state index contributed by atoms with van der Waals surface area (Å²) in [4.78, 5) is 29.0. The van der Waals surface area contributed by atoms with Gasteiger partial charge in [0, 0.05) is 32.5 Å². The van der Waals surface area contributed by atoms with Crippen molar-refractivity contribution >= 4 is 27.5 Å². The van der Waals surface area contributed by atoms with Gasteiger partial charge in [0.2, 0.25) is 21.8 Å². The Kier molecular flexibility index (Phi) is 11.3. The van der Waals surface area contributed by atoms with Gasteiger partial charge >= 0.3 is 0 Å². The molecule has 3 rings (SSSR count). The van der Waals surface area contributed by atoms with E-state index >= 15 is 0 Å². The van der Waals surface area contributed by atoms with Gasteiger partial charge in [-0.1, -0.05) is 86.6 Å². The van der Waals surface area contributed by atoms with E-state index in [4.69, 9.17) is 0 Å². The summed E-state index contributed by atoms with van der Waals surface area (Å²) in [6, 6.07) is 25.9. The highest BCUT2D eigenvalue weighted by Gasteiger charge is 2.30. The van der Waals surface area contributed by atoms with Crippen molar-refractivity contribution in [3.63, 3.8) is 0 Å². The zero-order valence-electron chi connectivity index (χ0n) is 23.9. The molecular weight excluding hydrogens is 522 g/mol. The van der Waals surface area contributed by atoms with Gasteiger partial charge in [-0.3, -0.25) is 13.9 Å². The molecule has 0 fully saturated rings. The summed E-state index contributed by atoms with van der Waals surface area (Å²) in [5.74, 6) is -0.121. The Labute approximate surface area is 239 Å². The second-order valence-corrected chi connectivity index (χ2v) is 12.5. The fourth-order valence-electron chi connectivity index (χ4n) is 4.54. The van der Waals surface area contributed by atoms with Gasteiger partial charge in [0.05, 0.1) is 11.9 Å². The number of hydrogen-bond donors (Lipinski definition) is 1. The Morgan fingerprint density at radius 2 is 1.50 bits per heavy atom. The molecule has 0 aliphatic heterocycles. The SMILES string of the molecule is Cc1cccc(N(CCCC(=O)N(Cc2ccccc2)[C@H](Cc2ccccc2)C(=O)NCC(C)C)S(C)(=O)=O)c1. The molecule has 0 aliphatic carbocycles. The molecule has 0 spiro atoms. The fourth-order valence-corrected chi connectivity index (χ4v) is 5.50.